The fourth-order valence-electron chi connectivity index (χ4n) is 6.74. The Morgan fingerprint density at radius 1 is 0.508 bits per heavy atom. The second kappa shape index (κ2) is 44.3. The first-order valence-electron chi connectivity index (χ1n) is 24.5. The van der Waals surface area contributed by atoms with E-state index in [4.69, 9.17) is 24.8 Å². The fourth-order valence-corrected chi connectivity index (χ4v) is 7.52. The summed E-state index contributed by atoms with van der Waals surface area (Å²) in [5, 5.41) is 8.91. The lowest BCUT2D eigenvalue weighted by atomic mass is 10.0. The maximum Gasteiger partial charge on any atom is 0.472 e. The highest BCUT2D eigenvalue weighted by Crippen LogP contribution is 2.43. The van der Waals surface area contributed by atoms with E-state index in [9.17, 15) is 23.8 Å². The van der Waals surface area contributed by atoms with Crippen molar-refractivity contribution in [1.82, 2.24) is 0 Å². The van der Waals surface area contributed by atoms with E-state index < -0.39 is 51.1 Å². The topological polar surface area (TPSA) is 172 Å². The summed E-state index contributed by atoms with van der Waals surface area (Å²) in [5.41, 5.74) is 5.34. The third-order valence-corrected chi connectivity index (χ3v) is 11.6. The number of ether oxygens (including phenoxy) is 2. The number of allylic oxidation sites excluding steroid dienone is 6. The predicted octanol–water partition coefficient (Wildman–Crippen LogP) is 13.6. The summed E-state index contributed by atoms with van der Waals surface area (Å²) in [7, 11) is -4.72. The average molecular weight is 884 g/mol. The van der Waals surface area contributed by atoms with Gasteiger partial charge >= 0.3 is 25.7 Å². The van der Waals surface area contributed by atoms with Crippen molar-refractivity contribution in [3.05, 3.63) is 36.5 Å². The van der Waals surface area contributed by atoms with Crippen molar-refractivity contribution in [3.8, 4) is 0 Å². The van der Waals surface area contributed by atoms with Gasteiger partial charge in [-0.3, -0.25) is 23.4 Å². The Kier molecular flexibility index (Phi) is 42.6. The fraction of sp³-hybridized carbons (Fsp3) is 0.816. The minimum absolute atomic E-state index is 0.158. The quantitative estimate of drug-likeness (QED) is 0.0230. The van der Waals surface area contributed by atoms with Crippen molar-refractivity contribution >= 4 is 25.7 Å². The molecule has 61 heavy (non-hydrogen) atoms. The molecule has 356 valence electrons. The highest BCUT2D eigenvalue weighted by molar-refractivity contribution is 7.47. The molecular formula is C49H90NO10P. The highest BCUT2D eigenvalue weighted by atomic mass is 31.2. The molecule has 0 bridgehead atoms. The third-order valence-electron chi connectivity index (χ3n) is 10.6. The van der Waals surface area contributed by atoms with Crippen molar-refractivity contribution in [1.29, 1.82) is 0 Å². The van der Waals surface area contributed by atoms with Gasteiger partial charge in [0.25, 0.3) is 0 Å². The molecule has 0 aliphatic carbocycles. The summed E-state index contributed by atoms with van der Waals surface area (Å²) in [6, 6.07) is -1.52. The molecule has 0 heterocycles. The number of rotatable bonds is 46. The van der Waals surface area contributed by atoms with E-state index >= 15 is 0 Å². The Hall–Kier alpha value is -2.30. The van der Waals surface area contributed by atoms with E-state index in [2.05, 4.69) is 54.8 Å². The summed E-state index contributed by atoms with van der Waals surface area (Å²) in [6.07, 6.45) is 49.2. The van der Waals surface area contributed by atoms with Crippen molar-refractivity contribution < 1.29 is 47.5 Å². The van der Waals surface area contributed by atoms with Crippen LogP contribution in [0.15, 0.2) is 36.5 Å². The number of carboxylic acid groups (broad SMARTS) is 1. The summed E-state index contributed by atoms with van der Waals surface area (Å²) in [5.74, 6) is -2.38. The molecule has 0 saturated carbocycles. The van der Waals surface area contributed by atoms with Crippen molar-refractivity contribution in [2.75, 3.05) is 19.8 Å². The Morgan fingerprint density at radius 3 is 1.30 bits per heavy atom. The number of carbonyl (C=O) groups excluding carboxylic acids is 2. The lowest BCUT2D eigenvalue weighted by Gasteiger charge is -2.20. The molecule has 11 nitrogen and oxygen atoms in total. The maximum absolute atomic E-state index is 12.7. The van der Waals surface area contributed by atoms with Crippen molar-refractivity contribution in [2.24, 2.45) is 5.73 Å². The Labute approximate surface area is 372 Å². The van der Waals surface area contributed by atoms with Crippen LogP contribution in [-0.4, -0.2) is 59.9 Å². The van der Waals surface area contributed by atoms with Crippen LogP contribution in [0.3, 0.4) is 0 Å². The molecule has 0 spiro atoms. The SMILES string of the molecule is CCCCCCC/C=C\C/C=C\CCCCCCCCCCCCCC(=O)OC(COC(=O)CCCCCCC/C=C\CCCCCCC)COP(=O)(O)OCC(N)C(=O)O. The molecule has 0 saturated heterocycles. The molecule has 3 atom stereocenters. The zero-order valence-electron chi connectivity index (χ0n) is 38.8. The number of phosphoric acid groups is 1. The summed E-state index contributed by atoms with van der Waals surface area (Å²) >= 11 is 0. The van der Waals surface area contributed by atoms with E-state index in [-0.39, 0.29) is 19.4 Å². The van der Waals surface area contributed by atoms with Gasteiger partial charge < -0.3 is 25.2 Å². The second-order valence-corrected chi connectivity index (χ2v) is 18.0. The van der Waals surface area contributed by atoms with Gasteiger partial charge in [0.2, 0.25) is 0 Å². The Bertz CT molecular complexity index is 1180. The zero-order valence-corrected chi connectivity index (χ0v) is 39.7. The van der Waals surface area contributed by atoms with Crippen LogP contribution in [0.25, 0.3) is 0 Å². The van der Waals surface area contributed by atoms with E-state index in [1.54, 1.807) is 0 Å². The molecule has 0 aromatic carbocycles. The highest BCUT2D eigenvalue weighted by Gasteiger charge is 2.28. The third kappa shape index (κ3) is 44.1. The number of carbonyl (C=O) groups is 3. The Morgan fingerprint density at radius 2 is 0.869 bits per heavy atom. The first-order valence-corrected chi connectivity index (χ1v) is 26.0. The van der Waals surface area contributed by atoms with E-state index in [0.717, 1.165) is 64.2 Å². The minimum atomic E-state index is -4.72. The number of carboxylic acids is 1. The second-order valence-electron chi connectivity index (χ2n) is 16.6. The number of aliphatic carboxylic acids is 1. The van der Waals surface area contributed by atoms with Crippen molar-refractivity contribution in [2.45, 2.75) is 238 Å². The first-order chi connectivity index (χ1) is 29.6. The van der Waals surface area contributed by atoms with Gasteiger partial charge in [-0.1, -0.05) is 179 Å². The number of unbranched alkanes of at least 4 members (excludes halogenated alkanes) is 26. The van der Waals surface area contributed by atoms with E-state index in [0.29, 0.717) is 12.8 Å². The van der Waals surface area contributed by atoms with Crippen LogP contribution in [0.2, 0.25) is 0 Å². The lowest BCUT2D eigenvalue weighted by Crippen LogP contribution is -2.34. The number of nitrogens with two attached hydrogens (primary N) is 1. The van der Waals surface area contributed by atoms with Gasteiger partial charge in [-0.05, 0) is 70.6 Å². The summed E-state index contributed by atoms with van der Waals surface area (Å²) < 4.78 is 32.8. The normalized spacial score (nSPS) is 13.9. The maximum atomic E-state index is 12.7. The van der Waals surface area contributed by atoms with Crippen LogP contribution in [0.4, 0.5) is 0 Å². The molecule has 3 unspecified atom stereocenters. The molecule has 0 aliphatic rings. The van der Waals surface area contributed by atoms with Crippen LogP contribution in [0.5, 0.6) is 0 Å². The molecule has 0 aliphatic heterocycles. The summed E-state index contributed by atoms with van der Waals surface area (Å²) in [6.45, 7) is 2.79. The molecule has 0 aromatic heterocycles. The number of hydrogen-bond donors (Lipinski definition) is 3. The molecule has 0 aromatic rings. The van der Waals surface area contributed by atoms with E-state index in [1.807, 2.05) is 0 Å². The molecule has 12 heteroatoms. The molecular weight excluding hydrogens is 794 g/mol. The van der Waals surface area contributed by atoms with Gasteiger partial charge in [-0.15, -0.1) is 0 Å². The number of esters is 2. The number of hydrogen-bond acceptors (Lipinski definition) is 9. The predicted molar refractivity (Wildman–Crippen MR) is 249 cm³/mol. The van der Waals surface area contributed by atoms with Crippen LogP contribution in [-0.2, 0) is 37.5 Å². The van der Waals surface area contributed by atoms with Gasteiger partial charge in [0, 0.05) is 12.8 Å². The van der Waals surface area contributed by atoms with Gasteiger partial charge in [-0.25, -0.2) is 4.57 Å². The van der Waals surface area contributed by atoms with Crippen LogP contribution >= 0.6 is 7.82 Å². The molecule has 0 amide bonds. The van der Waals surface area contributed by atoms with Crippen LogP contribution < -0.4 is 5.73 Å². The van der Waals surface area contributed by atoms with Crippen LogP contribution in [0, 0.1) is 0 Å². The van der Waals surface area contributed by atoms with Gasteiger partial charge in [-0.2, -0.15) is 0 Å². The molecule has 4 N–H and O–H groups in total. The largest absolute Gasteiger partial charge is 0.480 e. The molecule has 0 radical (unpaired) electrons. The zero-order chi connectivity index (χ0) is 44.9. The van der Waals surface area contributed by atoms with Gasteiger partial charge in [0.1, 0.15) is 12.6 Å². The average Bonchev–Trinajstić information content (AvgIpc) is 3.24. The van der Waals surface area contributed by atoms with Gasteiger partial charge in [0.05, 0.1) is 13.2 Å². The minimum Gasteiger partial charge on any atom is -0.480 e. The molecule has 0 fully saturated rings. The smallest absolute Gasteiger partial charge is 0.472 e. The monoisotopic (exact) mass is 884 g/mol. The lowest BCUT2D eigenvalue weighted by molar-refractivity contribution is -0.161. The van der Waals surface area contributed by atoms with E-state index in [1.165, 1.54) is 122 Å². The first kappa shape index (κ1) is 58.7. The van der Waals surface area contributed by atoms with Gasteiger partial charge in [0.15, 0.2) is 6.10 Å². The summed E-state index contributed by atoms with van der Waals surface area (Å²) in [4.78, 5) is 46.1. The Balaban J connectivity index is 4.25. The number of phosphoric ester groups is 1. The standard InChI is InChI=1S/C49H90NO10P/c1-3-5-7-9-11-13-15-17-19-20-21-22-23-24-25-26-27-29-31-33-35-37-39-41-48(52)60-45(43-58-61(55,56)59-44-46(50)49(53)54)42-57-47(51)40-38-36-34-32-30-28-18-16-14-12-10-8-6-4-2/h15-18,20-21,45-46H,3-14,19,22-44,50H2,1-2H3,(H,53,54)(H,55,56)/b17-15-,18-16-,21-20-. The van der Waals surface area contributed by atoms with Crippen LogP contribution in [0.1, 0.15) is 226 Å². The molecule has 0 rings (SSSR count). The van der Waals surface area contributed by atoms with Crippen molar-refractivity contribution in [3.63, 3.8) is 0 Å².